The number of nitrogens with one attached hydrogen (secondary N) is 2. The zero-order valence-electron chi connectivity index (χ0n) is 16.4. The third-order valence-corrected chi connectivity index (χ3v) is 6.11. The second kappa shape index (κ2) is 10.5. The lowest BCUT2D eigenvalue weighted by atomic mass is 10.3. The van der Waals surface area contributed by atoms with Crippen LogP contribution in [0.1, 0.15) is 0 Å². The highest BCUT2D eigenvalue weighted by Gasteiger charge is 2.36. The molecule has 0 bridgehead atoms. The molecule has 0 saturated carbocycles. The molecular formula is C17H25N3O8S. The number of sulfonamides is 1. The first-order valence-electron chi connectivity index (χ1n) is 8.72. The van der Waals surface area contributed by atoms with E-state index in [1.165, 1.54) is 45.6 Å². The maximum Gasteiger partial charge on any atom is 0.309 e. The van der Waals surface area contributed by atoms with Gasteiger partial charge >= 0.3 is 11.8 Å². The van der Waals surface area contributed by atoms with E-state index >= 15 is 0 Å². The molecule has 29 heavy (non-hydrogen) atoms. The van der Waals surface area contributed by atoms with Crippen molar-refractivity contribution < 1.29 is 37.0 Å². The molecule has 11 nitrogen and oxygen atoms in total. The predicted octanol–water partition coefficient (Wildman–Crippen LogP) is -1.11. The molecule has 2 rings (SSSR count). The van der Waals surface area contributed by atoms with Gasteiger partial charge in [0, 0.05) is 20.8 Å². The molecule has 12 heteroatoms. The van der Waals surface area contributed by atoms with E-state index in [1.807, 2.05) is 0 Å². The monoisotopic (exact) mass is 431 g/mol. The summed E-state index contributed by atoms with van der Waals surface area (Å²) in [6.07, 6.45) is -1.61. The summed E-state index contributed by atoms with van der Waals surface area (Å²) in [7, 11) is 0.439. The van der Waals surface area contributed by atoms with Crippen molar-refractivity contribution >= 4 is 21.8 Å². The zero-order valence-corrected chi connectivity index (χ0v) is 17.2. The van der Waals surface area contributed by atoms with Crippen LogP contribution in [-0.4, -0.2) is 84.6 Å². The Morgan fingerprint density at radius 2 is 1.76 bits per heavy atom. The highest BCUT2D eigenvalue weighted by Crippen LogP contribution is 2.23. The molecule has 0 aromatic heterocycles. The van der Waals surface area contributed by atoms with Crippen molar-refractivity contribution in [3.63, 3.8) is 0 Å². The molecule has 1 aromatic rings. The van der Waals surface area contributed by atoms with Crippen LogP contribution in [0.4, 0.5) is 0 Å². The van der Waals surface area contributed by atoms with Crippen molar-refractivity contribution in [2.75, 3.05) is 47.6 Å². The third-order valence-electron chi connectivity index (χ3n) is 4.21. The Morgan fingerprint density at radius 3 is 2.34 bits per heavy atom. The second-order valence-corrected chi connectivity index (χ2v) is 7.83. The van der Waals surface area contributed by atoms with Crippen molar-refractivity contribution in [3.8, 4) is 5.75 Å². The van der Waals surface area contributed by atoms with Crippen molar-refractivity contribution in [1.29, 1.82) is 0 Å². The molecule has 0 spiro atoms. The van der Waals surface area contributed by atoms with Gasteiger partial charge in [0.25, 0.3) is 0 Å². The first kappa shape index (κ1) is 23.0. The van der Waals surface area contributed by atoms with Gasteiger partial charge in [0.1, 0.15) is 12.0 Å². The van der Waals surface area contributed by atoms with E-state index in [-0.39, 0.29) is 31.1 Å². The molecule has 1 heterocycles. The number of methoxy groups -OCH3 is 3. The Kier molecular flexibility index (Phi) is 8.34. The van der Waals surface area contributed by atoms with Gasteiger partial charge in [-0.2, -0.15) is 4.31 Å². The van der Waals surface area contributed by atoms with Crippen LogP contribution in [0.15, 0.2) is 29.2 Å². The molecule has 1 atom stereocenters. The number of ether oxygens (including phenoxy) is 4. The van der Waals surface area contributed by atoms with Gasteiger partial charge in [0.15, 0.2) is 6.29 Å². The number of hydrogen-bond donors (Lipinski definition) is 2. The molecule has 1 aromatic carbocycles. The summed E-state index contributed by atoms with van der Waals surface area (Å²) in [6.45, 7) is 0.104. The number of rotatable bonds is 9. The van der Waals surface area contributed by atoms with Crippen LogP contribution >= 0.6 is 0 Å². The van der Waals surface area contributed by atoms with Crippen LogP contribution in [-0.2, 0) is 33.8 Å². The number of hydrogen-bond acceptors (Lipinski definition) is 8. The molecule has 0 radical (unpaired) electrons. The van der Waals surface area contributed by atoms with E-state index in [4.69, 9.17) is 18.9 Å². The first-order chi connectivity index (χ1) is 13.8. The van der Waals surface area contributed by atoms with Crippen LogP contribution in [0.5, 0.6) is 5.75 Å². The molecule has 2 N–H and O–H groups in total. The Hall–Kier alpha value is -2.25. The summed E-state index contributed by atoms with van der Waals surface area (Å²) < 4.78 is 47.1. The third kappa shape index (κ3) is 5.87. The molecule has 0 aliphatic carbocycles. The van der Waals surface area contributed by atoms with E-state index in [1.54, 1.807) is 0 Å². The van der Waals surface area contributed by atoms with Gasteiger partial charge in [0.2, 0.25) is 10.0 Å². The van der Waals surface area contributed by atoms with E-state index in [0.717, 1.165) is 4.31 Å². The lowest BCUT2D eigenvalue weighted by Crippen LogP contribution is -2.48. The Labute approximate surface area is 169 Å². The number of benzene rings is 1. The van der Waals surface area contributed by atoms with Crippen LogP contribution in [0.2, 0.25) is 0 Å². The van der Waals surface area contributed by atoms with E-state index in [0.29, 0.717) is 5.75 Å². The van der Waals surface area contributed by atoms with Gasteiger partial charge in [-0.25, -0.2) is 8.42 Å². The highest BCUT2D eigenvalue weighted by molar-refractivity contribution is 7.89. The first-order valence-corrected chi connectivity index (χ1v) is 10.2. The second-order valence-electron chi connectivity index (χ2n) is 5.94. The average molecular weight is 431 g/mol. The van der Waals surface area contributed by atoms with Gasteiger partial charge in [-0.3, -0.25) is 9.59 Å². The number of nitrogens with zero attached hydrogens (tertiary/aromatic N) is 1. The topological polar surface area (TPSA) is 132 Å². The van der Waals surface area contributed by atoms with Gasteiger partial charge in [0.05, 0.1) is 31.7 Å². The zero-order chi connectivity index (χ0) is 21.4. The minimum atomic E-state index is -3.84. The fourth-order valence-corrected chi connectivity index (χ4v) is 4.11. The molecule has 1 saturated heterocycles. The van der Waals surface area contributed by atoms with Crippen LogP contribution in [0, 0.1) is 0 Å². The summed E-state index contributed by atoms with van der Waals surface area (Å²) in [5, 5.41) is 4.72. The van der Waals surface area contributed by atoms with Crippen molar-refractivity contribution in [2.45, 2.75) is 17.4 Å². The molecule has 162 valence electrons. The molecule has 1 aliphatic rings. The standard InChI is InChI=1S/C17H25N3O8S/c1-25-12-4-6-13(7-5-12)29(23,24)20-8-9-28-14(20)10-18-16(21)17(22)19-11-15(26-2)27-3/h4-7,14-15H,8-11H2,1-3H3,(H,18,21)(H,19,22). The predicted molar refractivity (Wildman–Crippen MR) is 100 cm³/mol. The van der Waals surface area contributed by atoms with Crippen molar-refractivity contribution in [2.24, 2.45) is 0 Å². The summed E-state index contributed by atoms with van der Waals surface area (Å²) in [6, 6.07) is 5.94. The molecule has 1 unspecified atom stereocenters. The average Bonchev–Trinajstić information content (AvgIpc) is 3.22. The lowest BCUT2D eigenvalue weighted by molar-refractivity contribution is -0.142. The fraction of sp³-hybridized carbons (Fsp3) is 0.529. The molecular weight excluding hydrogens is 406 g/mol. The SMILES string of the molecule is COc1ccc(S(=O)(=O)N2CCOC2CNC(=O)C(=O)NCC(OC)OC)cc1. The van der Waals surface area contributed by atoms with Gasteiger partial charge in [-0.1, -0.05) is 0 Å². The van der Waals surface area contributed by atoms with Crippen molar-refractivity contribution in [3.05, 3.63) is 24.3 Å². The summed E-state index contributed by atoms with van der Waals surface area (Å²) in [5.41, 5.74) is 0. The van der Waals surface area contributed by atoms with Gasteiger partial charge in [-0.15, -0.1) is 0 Å². The maximum atomic E-state index is 12.9. The van der Waals surface area contributed by atoms with Crippen LogP contribution < -0.4 is 15.4 Å². The van der Waals surface area contributed by atoms with Gasteiger partial charge < -0.3 is 29.6 Å². The number of amides is 2. The molecule has 1 fully saturated rings. The molecule has 2 amide bonds. The largest absolute Gasteiger partial charge is 0.497 e. The minimum absolute atomic E-state index is 0.0167. The van der Waals surface area contributed by atoms with Crippen LogP contribution in [0.25, 0.3) is 0 Å². The fourth-order valence-electron chi connectivity index (χ4n) is 2.60. The Morgan fingerprint density at radius 1 is 1.14 bits per heavy atom. The summed E-state index contributed by atoms with van der Waals surface area (Å²) in [4.78, 5) is 23.8. The summed E-state index contributed by atoms with van der Waals surface area (Å²) >= 11 is 0. The normalized spacial score (nSPS) is 17.3. The van der Waals surface area contributed by atoms with Crippen LogP contribution in [0.3, 0.4) is 0 Å². The maximum absolute atomic E-state index is 12.9. The van der Waals surface area contributed by atoms with Gasteiger partial charge in [-0.05, 0) is 24.3 Å². The van der Waals surface area contributed by atoms with Crippen molar-refractivity contribution in [1.82, 2.24) is 14.9 Å². The number of carbonyl (C=O) groups is 2. The Balaban J connectivity index is 1.94. The highest BCUT2D eigenvalue weighted by atomic mass is 32.2. The summed E-state index contributed by atoms with van der Waals surface area (Å²) in [5.74, 6) is -1.29. The van der Waals surface area contributed by atoms with E-state index < -0.39 is 34.4 Å². The Bertz CT molecular complexity index is 795. The minimum Gasteiger partial charge on any atom is -0.497 e. The quantitative estimate of drug-likeness (QED) is 0.372. The van der Waals surface area contributed by atoms with E-state index in [2.05, 4.69) is 10.6 Å². The lowest BCUT2D eigenvalue weighted by Gasteiger charge is -2.23. The smallest absolute Gasteiger partial charge is 0.309 e. The van der Waals surface area contributed by atoms with E-state index in [9.17, 15) is 18.0 Å². The number of carbonyl (C=O) groups excluding carboxylic acids is 2. The molecule has 1 aliphatic heterocycles.